The zero-order valence-electron chi connectivity index (χ0n) is 7.70. The van der Waals surface area contributed by atoms with E-state index in [2.05, 4.69) is 24.0 Å². The molecule has 2 heteroatoms. The van der Waals surface area contributed by atoms with Crippen LogP contribution in [0.4, 0.5) is 0 Å². The van der Waals surface area contributed by atoms with Crippen molar-refractivity contribution < 1.29 is 1.43 Å². The second-order valence-corrected chi connectivity index (χ2v) is 3.86. The monoisotopic (exact) mass is 266 g/mol. The molecule has 1 nitrogen and oxygen atoms in total. The number of pyridine rings is 1. The largest absolute Gasteiger partial charge is 1.00 e. The van der Waals surface area contributed by atoms with Crippen LogP contribution in [0.2, 0.25) is 4.47 Å². The first kappa shape index (κ1) is 9.03. The van der Waals surface area contributed by atoms with E-state index in [1.807, 2.05) is 34.6 Å². The summed E-state index contributed by atoms with van der Waals surface area (Å²) in [6.07, 6.45) is 2.98. The van der Waals surface area contributed by atoms with Gasteiger partial charge >= 0.3 is 82.5 Å². The summed E-state index contributed by atoms with van der Waals surface area (Å²) in [5.74, 6) is 0.777. The first-order valence-electron chi connectivity index (χ1n) is 3.83. The van der Waals surface area contributed by atoms with Crippen LogP contribution in [-0.4, -0.2) is 27.3 Å². The molecule has 60 valence electrons. The van der Waals surface area contributed by atoms with Crippen molar-refractivity contribution in [2.45, 2.75) is 17.8 Å². The van der Waals surface area contributed by atoms with Gasteiger partial charge in [0, 0.05) is 0 Å². The van der Waals surface area contributed by atoms with Gasteiger partial charge < -0.3 is 0 Å². The standard InChI is InChI=1S/C9H13NTe/c1-8(7-11)6-9-4-2-3-5-10-9/h2-5,8,11H,6-7H2,1H3/p+1. The van der Waals surface area contributed by atoms with E-state index in [0.717, 1.165) is 12.3 Å². The molecule has 1 aromatic rings. The van der Waals surface area contributed by atoms with Gasteiger partial charge in [0.1, 0.15) is 0 Å². The van der Waals surface area contributed by atoms with Crippen molar-refractivity contribution in [1.29, 1.82) is 0 Å². The van der Waals surface area contributed by atoms with Crippen molar-refractivity contribution in [3.05, 3.63) is 30.1 Å². The van der Waals surface area contributed by atoms with Crippen LogP contribution in [0.15, 0.2) is 24.4 Å². The zero-order chi connectivity index (χ0) is 8.10. The molecule has 0 aliphatic rings. The number of hydrogen-bond donors (Lipinski definition) is 0. The molecule has 0 spiro atoms. The van der Waals surface area contributed by atoms with Crippen molar-refractivity contribution in [1.82, 2.24) is 4.98 Å². The van der Waals surface area contributed by atoms with E-state index in [9.17, 15) is 0 Å². The smallest absolute Gasteiger partial charge is 1.00 e. The first-order chi connectivity index (χ1) is 5.33. The van der Waals surface area contributed by atoms with Gasteiger partial charge in [0.25, 0.3) is 0 Å². The molecule has 0 saturated heterocycles. The average molecular weight is 264 g/mol. The van der Waals surface area contributed by atoms with Crippen LogP contribution < -0.4 is 0 Å². The minimum absolute atomic E-state index is 0. The summed E-state index contributed by atoms with van der Waals surface area (Å²) in [5, 5.41) is 0. The molecule has 1 unspecified atom stereocenters. The third kappa shape index (κ3) is 3.22. The van der Waals surface area contributed by atoms with Crippen LogP contribution >= 0.6 is 0 Å². The predicted molar refractivity (Wildman–Crippen MR) is 50.2 cm³/mol. The van der Waals surface area contributed by atoms with Gasteiger partial charge in [-0.25, -0.2) is 0 Å². The van der Waals surface area contributed by atoms with E-state index < -0.39 is 0 Å². The minimum Gasteiger partial charge on any atom is 1.00 e. The Hall–Kier alpha value is -0.0604. The molecule has 1 heterocycles. The summed E-state index contributed by atoms with van der Waals surface area (Å²) < 4.78 is 1.28. The first-order valence-corrected chi connectivity index (χ1v) is 5.64. The SMILES string of the molecule is CC(C[TeH])Cc1ccccn1.[H+]. The summed E-state index contributed by atoms with van der Waals surface area (Å²) in [4.78, 5) is 4.27. The summed E-state index contributed by atoms with van der Waals surface area (Å²) in [6.45, 7) is 2.27. The third-order valence-corrected chi connectivity index (χ3v) is 3.37. The van der Waals surface area contributed by atoms with Gasteiger partial charge in [-0.05, 0) is 0 Å². The molecule has 0 fully saturated rings. The second kappa shape index (κ2) is 4.74. The van der Waals surface area contributed by atoms with Crippen molar-refractivity contribution in [3.8, 4) is 0 Å². The molecule has 0 saturated carbocycles. The Morgan fingerprint density at radius 2 is 2.45 bits per heavy atom. The normalized spacial score (nSPS) is 12.9. The maximum atomic E-state index is 4.27. The molecule has 0 aromatic carbocycles. The van der Waals surface area contributed by atoms with Gasteiger partial charge in [0.05, 0.1) is 0 Å². The van der Waals surface area contributed by atoms with E-state index >= 15 is 0 Å². The number of aromatic nitrogens is 1. The quantitative estimate of drug-likeness (QED) is 0.757. The summed E-state index contributed by atoms with van der Waals surface area (Å²) in [6, 6.07) is 6.11. The molecule has 1 rings (SSSR count). The Bertz CT molecular complexity index is 203. The fourth-order valence-corrected chi connectivity index (χ4v) is 1.31. The Labute approximate surface area is 82.6 Å². The Kier molecular flexibility index (Phi) is 3.90. The summed E-state index contributed by atoms with van der Waals surface area (Å²) in [7, 11) is 0. The molecule has 0 bridgehead atoms. The zero-order valence-corrected chi connectivity index (χ0v) is 9.25. The van der Waals surface area contributed by atoms with Crippen molar-refractivity contribution in [2.75, 3.05) is 0 Å². The molecule has 1 atom stereocenters. The molecule has 0 N–H and O–H groups in total. The second-order valence-electron chi connectivity index (χ2n) is 2.81. The maximum Gasteiger partial charge on any atom is 1.00 e. The molecular formula is C9H14NTe+. The molecule has 0 aliphatic heterocycles. The van der Waals surface area contributed by atoms with Crippen molar-refractivity contribution in [2.24, 2.45) is 5.92 Å². The van der Waals surface area contributed by atoms with Crippen molar-refractivity contribution in [3.63, 3.8) is 0 Å². The molecule has 0 aliphatic carbocycles. The molecular weight excluding hydrogens is 250 g/mol. The fraction of sp³-hybridized carbons (Fsp3) is 0.444. The van der Waals surface area contributed by atoms with E-state index in [4.69, 9.17) is 0 Å². The van der Waals surface area contributed by atoms with Gasteiger partial charge in [-0.1, -0.05) is 0 Å². The van der Waals surface area contributed by atoms with Crippen LogP contribution in [0.3, 0.4) is 0 Å². The number of hydrogen-bond acceptors (Lipinski definition) is 1. The van der Waals surface area contributed by atoms with Crippen LogP contribution in [0, 0.1) is 5.92 Å². The average Bonchev–Trinajstić information content (AvgIpc) is 2.06. The van der Waals surface area contributed by atoms with Gasteiger partial charge in [0.2, 0.25) is 0 Å². The van der Waals surface area contributed by atoms with E-state index in [1.165, 1.54) is 10.2 Å². The number of nitrogens with zero attached hydrogens (tertiary/aromatic N) is 1. The summed E-state index contributed by atoms with van der Waals surface area (Å²) >= 11 is 1.89. The van der Waals surface area contributed by atoms with E-state index in [0.29, 0.717) is 0 Å². The molecule has 0 amide bonds. The Morgan fingerprint density at radius 1 is 1.64 bits per heavy atom. The van der Waals surface area contributed by atoms with Crippen LogP contribution in [0.25, 0.3) is 0 Å². The Morgan fingerprint density at radius 3 is 3.00 bits per heavy atom. The molecule has 1 aromatic heterocycles. The predicted octanol–water partition coefficient (Wildman–Crippen LogP) is 1.69. The van der Waals surface area contributed by atoms with Crippen LogP contribution in [0.5, 0.6) is 0 Å². The maximum absolute atomic E-state index is 4.27. The molecule has 0 radical (unpaired) electrons. The van der Waals surface area contributed by atoms with Gasteiger partial charge in [-0.3, -0.25) is 0 Å². The van der Waals surface area contributed by atoms with Gasteiger partial charge in [-0.2, -0.15) is 0 Å². The van der Waals surface area contributed by atoms with Crippen molar-refractivity contribution >= 4 is 22.3 Å². The third-order valence-electron chi connectivity index (χ3n) is 1.60. The van der Waals surface area contributed by atoms with Gasteiger partial charge in [-0.15, -0.1) is 0 Å². The van der Waals surface area contributed by atoms with E-state index in [1.54, 1.807) is 0 Å². The van der Waals surface area contributed by atoms with Gasteiger partial charge in [0.15, 0.2) is 0 Å². The minimum atomic E-state index is 0. The fourth-order valence-electron chi connectivity index (χ4n) is 0.940. The topological polar surface area (TPSA) is 12.9 Å². The van der Waals surface area contributed by atoms with E-state index in [-0.39, 0.29) is 1.43 Å². The Balaban J connectivity index is 0.00000121. The number of rotatable bonds is 3. The molecule has 11 heavy (non-hydrogen) atoms. The van der Waals surface area contributed by atoms with Crippen LogP contribution in [-0.2, 0) is 6.42 Å². The van der Waals surface area contributed by atoms with Crippen LogP contribution in [0.1, 0.15) is 14.0 Å². The summed E-state index contributed by atoms with van der Waals surface area (Å²) in [5.41, 5.74) is 1.22.